The quantitative estimate of drug-likeness (QED) is 0.523. The lowest BCUT2D eigenvalue weighted by Gasteiger charge is -2.36. The van der Waals surface area contributed by atoms with Gasteiger partial charge in [-0.25, -0.2) is 24.0 Å². The minimum atomic E-state index is -3.64. The van der Waals surface area contributed by atoms with Gasteiger partial charge in [0.2, 0.25) is 10.0 Å². The van der Waals surface area contributed by atoms with Gasteiger partial charge in [0.15, 0.2) is 5.82 Å². The van der Waals surface area contributed by atoms with Crippen molar-refractivity contribution in [3.63, 3.8) is 0 Å². The van der Waals surface area contributed by atoms with E-state index in [0.717, 1.165) is 25.7 Å². The summed E-state index contributed by atoms with van der Waals surface area (Å²) in [6.07, 6.45) is 5.74. The molecular formula is C13H23N5O2S. The van der Waals surface area contributed by atoms with Crippen LogP contribution in [0.25, 0.3) is 0 Å². The minimum absolute atomic E-state index is 0.0689. The molecule has 0 atom stereocenters. The monoisotopic (exact) mass is 313 g/mol. The highest BCUT2D eigenvalue weighted by Gasteiger charge is 2.37. The van der Waals surface area contributed by atoms with Crippen molar-refractivity contribution in [1.82, 2.24) is 14.6 Å². The van der Waals surface area contributed by atoms with Crippen molar-refractivity contribution in [2.75, 3.05) is 26.1 Å². The lowest BCUT2D eigenvalue weighted by molar-refractivity contribution is 0.162. The van der Waals surface area contributed by atoms with E-state index in [4.69, 9.17) is 5.84 Å². The van der Waals surface area contributed by atoms with Crippen LogP contribution in [0.1, 0.15) is 25.7 Å². The van der Waals surface area contributed by atoms with Crippen molar-refractivity contribution < 1.29 is 8.42 Å². The van der Waals surface area contributed by atoms with Crippen LogP contribution in [0.4, 0.5) is 5.82 Å². The number of nitrogens with two attached hydrogens (primary N) is 1. The lowest BCUT2D eigenvalue weighted by atomic mass is 9.97. The average molecular weight is 313 g/mol. The molecule has 0 unspecified atom stereocenters. The van der Waals surface area contributed by atoms with Crippen molar-refractivity contribution in [1.29, 1.82) is 0 Å². The maximum Gasteiger partial charge on any atom is 0.244 e. The standard InChI is InChI=1S/C13H23N5O2S/c1-18(2)13(7-3-4-8-13)10-16-21(19,20)11-6-5-9-15-12(11)17-14/h5-6,9,16H,3-4,7-8,10,14H2,1-2H3,(H,15,17). The third-order valence-corrected chi connectivity index (χ3v) is 5.70. The Bertz CT molecular complexity index is 582. The summed E-state index contributed by atoms with van der Waals surface area (Å²) in [7, 11) is 0.349. The second-order valence-electron chi connectivity index (χ2n) is 5.64. The number of sulfonamides is 1. The van der Waals surface area contributed by atoms with Gasteiger partial charge < -0.3 is 10.3 Å². The molecule has 7 nitrogen and oxygen atoms in total. The number of hydrazine groups is 1. The molecule has 2 rings (SSSR count). The fourth-order valence-corrected chi connectivity index (χ4v) is 4.08. The van der Waals surface area contributed by atoms with Crippen LogP contribution in [0.15, 0.2) is 23.2 Å². The highest BCUT2D eigenvalue weighted by atomic mass is 32.2. The summed E-state index contributed by atoms with van der Waals surface area (Å²) in [4.78, 5) is 6.12. The Morgan fingerprint density at radius 3 is 2.62 bits per heavy atom. The van der Waals surface area contributed by atoms with E-state index in [1.54, 1.807) is 6.07 Å². The molecule has 0 saturated heterocycles. The molecule has 1 aromatic rings. The Kier molecular flexibility index (Phi) is 4.82. The van der Waals surface area contributed by atoms with Crippen LogP contribution >= 0.6 is 0 Å². The smallest absolute Gasteiger partial charge is 0.244 e. The fraction of sp³-hybridized carbons (Fsp3) is 0.615. The molecule has 1 heterocycles. The maximum absolute atomic E-state index is 12.5. The highest BCUT2D eigenvalue weighted by molar-refractivity contribution is 7.89. The summed E-state index contributed by atoms with van der Waals surface area (Å²) in [6.45, 7) is 0.390. The zero-order valence-electron chi connectivity index (χ0n) is 12.5. The van der Waals surface area contributed by atoms with Gasteiger partial charge in [-0.3, -0.25) is 0 Å². The van der Waals surface area contributed by atoms with Gasteiger partial charge in [0.05, 0.1) is 0 Å². The topological polar surface area (TPSA) is 100 Å². The van der Waals surface area contributed by atoms with E-state index in [1.807, 2.05) is 14.1 Å². The van der Waals surface area contributed by atoms with Gasteiger partial charge in [-0.2, -0.15) is 0 Å². The summed E-state index contributed by atoms with van der Waals surface area (Å²) >= 11 is 0. The number of hydrogen-bond acceptors (Lipinski definition) is 6. The van der Waals surface area contributed by atoms with Crippen molar-refractivity contribution in [3.05, 3.63) is 18.3 Å². The van der Waals surface area contributed by atoms with Gasteiger partial charge in [-0.15, -0.1) is 0 Å². The first-order valence-electron chi connectivity index (χ1n) is 7.00. The van der Waals surface area contributed by atoms with E-state index in [1.165, 1.54) is 12.3 Å². The molecule has 4 N–H and O–H groups in total. The number of nitrogens with zero attached hydrogens (tertiary/aromatic N) is 2. The van der Waals surface area contributed by atoms with Crippen LogP contribution in [-0.4, -0.2) is 44.5 Å². The SMILES string of the molecule is CN(C)C1(CNS(=O)(=O)c2cccnc2NN)CCCC1. The van der Waals surface area contributed by atoms with Crippen LogP contribution in [-0.2, 0) is 10.0 Å². The van der Waals surface area contributed by atoms with E-state index in [2.05, 4.69) is 20.0 Å². The third kappa shape index (κ3) is 3.34. The summed E-state index contributed by atoms with van der Waals surface area (Å²) in [6, 6.07) is 3.06. The predicted octanol–water partition coefficient (Wildman–Crippen LogP) is 0.520. The zero-order valence-corrected chi connectivity index (χ0v) is 13.3. The average Bonchev–Trinajstić information content (AvgIpc) is 2.95. The number of nitrogen functional groups attached to an aromatic ring is 1. The number of likely N-dealkylation sites (N-methyl/N-ethyl adjacent to an activating group) is 1. The van der Waals surface area contributed by atoms with Gasteiger partial charge in [0.1, 0.15) is 4.90 Å². The molecular weight excluding hydrogens is 290 g/mol. The van der Waals surface area contributed by atoms with Gasteiger partial charge in [0, 0.05) is 18.3 Å². The first kappa shape index (κ1) is 16.2. The molecule has 0 bridgehead atoms. The molecule has 1 fully saturated rings. The second-order valence-corrected chi connectivity index (χ2v) is 7.38. The lowest BCUT2D eigenvalue weighted by Crippen LogP contribution is -2.50. The molecule has 0 spiro atoms. The summed E-state index contributed by atoms with van der Waals surface area (Å²) in [5, 5.41) is 0. The van der Waals surface area contributed by atoms with E-state index >= 15 is 0 Å². The molecule has 21 heavy (non-hydrogen) atoms. The molecule has 118 valence electrons. The molecule has 0 aliphatic heterocycles. The predicted molar refractivity (Wildman–Crippen MR) is 82.1 cm³/mol. The van der Waals surface area contributed by atoms with E-state index in [0.29, 0.717) is 6.54 Å². The van der Waals surface area contributed by atoms with Gasteiger partial charge in [-0.1, -0.05) is 12.8 Å². The van der Waals surface area contributed by atoms with Gasteiger partial charge in [0.25, 0.3) is 0 Å². The number of nitrogens with one attached hydrogen (secondary N) is 2. The van der Waals surface area contributed by atoms with Crippen LogP contribution in [0.5, 0.6) is 0 Å². The number of hydrogen-bond donors (Lipinski definition) is 3. The number of rotatable bonds is 6. The Balaban J connectivity index is 2.18. The zero-order chi connectivity index (χ0) is 15.5. The molecule has 1 saturated carbocycles. The van der Waals surface area contributed by atoms with Crippen molar-refractivity contribution in [2.24, 2.45) is 5.84 Å². The molecule has 1 aliphatic rings. The first-order valence-corrected chi connectivity index (χ1v) is 8.48. The van der Waals surface area contributed by atoms with E-state index < -0.39 is 10.0 Å². The van der Waals surface area contributed by atoms with E-state index in [-0.39, 0.29) is 16.3 Å². The fourth-order valence-electron chi connectivity index (χ4n) is 2.84. The van der Waals surface area contributed by atoms with Gasteiger partial charge >= 0.3 is 0 Å². The Morgan fingerprint density at radius 1 is 1.38 bits per heavy atom. The molecule has 0 aromatic carbocycles. The van der Waals surface area contributed by atoms with Gasteiger partial charge in [-0.05, 0) is 39.1 Å². The Hall–Kier alpha value is -1.22. The van der Waals surface area contributed by atoms with Crippen LogP contribution in [0.3, 0.4) is 0 Å². The van der Waals surface area contributed by atoms with Crippen LogP contribution in [0.2, 0.25) is 0 Å². The highest BCUT2D eigenvalue weighted by Crippen LogP contribution is 2.33. The van der Waals surface area contributed by atoms with Crippen molar-refractivity contribution in [2.45, 2.75) is 36.1 Å². The Morgan fingerprint density at radius 2 is 2.05 bits per heavy atom. The Labute approximate surface area is 125 Å². The molecule has 1 aliphatic carbocycles. The summed E-state index contributed by atoms with van der Waals surface area (Å²) in [5.74, 6) is 5.48. The second kappa shape index (κ2) is 6.27. The third-order valence-electron chi connectivity index (χ3n) is 4.27. The molecule has 8 heteroatoms. The number of anilines is 1. The molecule has 0 amide bonds. The maximum atomic E-state index is 12.5. The van der Waals surface area contributed by atoms with Crippen LogP contribution in [0, 0.1) is 0 Å². The minimum Gasteiger partial charge on any atom is -0.307 e. The van der Waals surface area contributed by atoms with Crippen LogP contribution < -0.4 is 16.0 Å². The van der Waals surface area contributed by atoms with E-state index in [9.17, 15) is 8.42 Å². The van der Waals surface area contributed by atoms with Crippen molar-refractivity contribution >= 4 is 15.8 Å². The number of pyridine rings is 1. The van der Waals surface area contributed by atoms with Crippen molar-refractivity contribution in [3.8, 4) is 0 Å². The summed E-state index contributed by atoms with van der Waals surface area (Å²) in [5.41, 5.74) is 2.22. The molecule has 0 radical (unpaired) electrons. The largest absolute Gasteiger partial charge is 0.307 e. The first-order chi connectivity index (χ1) is 9.91. The molecule has 1 aromatic heterocycles. The normalized spacial score (nSPS) is 18.1. The summed E-state index contributed by atoms with van der Waals surface area (Å²) < 4.78 is 27.6. The number of aromatic nitrogens is 1.